The number of aliphatic hydroxyl groups excluding tert-OH is 1. The third kappa shape index (κ3) is 4.53. The van der Waals surface area contributed by atoms with E-state index in [0.717, 1.165) is 19.4 Å². The minimum absolute atomic E-state index is 0.140. The van der Waals surface area contributed by atoms with Crippen molar-refractivity contribution in [2.45, 2.75) is 45.9 Å². The number of nitrogens with one attached hydrogen (secondary N) is 1. The quantitative estimate of drug-likeness (QED) is 0.775. The number of hydrogen-bond acceptors (Lipinski definition) is 6. The molecule has 1 atom stereocenters. The van der Waals surface area contributed by atoms with Gasteiger partial charge in [-0.05, 0) is 39.1 Å². The summed E-state index contributed by atoms with van der Waals surface area (Å²) in [6.07, 6.45) is 2.12. The van der Waals surface area contributed by atoms with Gasteiger partial charge in [-0.1, -0.05) is 13.3 Å². The minimum atomic E-state index is -0.140. The molecule has 2 aromatic heterocycles. The predicted molar refractivity (Wildman–Crippen MR) is 94.6 cm³/mol. The molecule has 0 bridgehead atoms. The number of hydrogen-bond donors (Lipinski definition) is 2. The minimum Gasteiger partial charge on any atom is -0.388 e. The van der Waals surface area contributed by atoms with Gasteiger partial charge in [0.25, 0.3) is 0 Å². The highest BCUT2D eigenvalue weighted by molar-refractivity contribution is 7.12. The summed E-state index contributed by atoms with van der Waals surface area (Å²) in [4.78, 5) is 9.27. The lowest BCUT2D eigenvalue weighted by Crippen LogP contribution is -2.13. The summed E-state index contributed by atoms with van der Waals surface area (Å²) >= 11 is 1.86. The number of thiophene rings is 1. The number of aryl methyl sites for hydroxylation is 2. The average molecular weight is 337 g/mol. The fourth-order valence-electron chi connectivity index (χ4n) is 2.52. The first-order chi connectivity index (χ1) is 10.9. The molecule has 2 aromatic rings. The van der Waals surface area contributed by atoms with Crippen molar-refractivity contribution in [3.8, 4) is 0 Å². The standard InChI is InChI=1S/C16H27N5OS/c1-6-7-12(17-16-18-15(10-22)19-21(16)5)13-8-11(2)14(23-13)9-20(3)4/h8,12,22H,6-7,9-10H2,1-5H3,(H,17,18,19). The second-order valence-electron chi connectivity index (χ2n) is 6.11. The van der Waals surface area contributed by atoms with E-state index in [0.29, 0.717) is 11.8 Å². The van der Waals surface area contributed by atoms with Crippen LogP contribution in [0.4, 0.5) is 5.95 Å². The SMILES string of the molecule is CCCC(Nc1nc(CO)nn1C)c1cc(C)c(CN(C)C)s1. The first-order valence-corrected chi connectivity index (χ1v) is 8.77. The third-order valence-corrected chi connectivity index (χ3v) is 5.01. The predicted octanol–water partition coefficient (Wildman–Crippen LogP) is 2.69. The largest absolute Gasteiger partial charge is 0.388 e. The summed E-state index contributed by atoms with van der Waals surface area (Å²) in [6.45, 7) is 5.19. The van der Waals surface area contributed by atoms with Gasteiger partial charge in [-0.25, -0.2) is 4.68 Å². The molecule has 0 aliphatic rings. The molecule has 2 rings (SSSR count). The number of rotatable bonds is 8. The molecule has 0 saturated heterocycles. The zero-order valence-electron chi connectivity index (χ0n) is 14.6. The molecule has 6 nitrogen and oxygen atoms in total. The van der Waals surface area contributed by atoms with Gasteiger partial charge in [0.2, 0.25) is 5.95 Å². The molecule has 1 unspecified atom stereocenters. The van der Waals surface area contributed by atoms with Gasteiger partial charge in [-0.2, -0.15) is 10.1 Å². The van der Waals surface area contributed by atoms with Crippen LogP contribution in [0.1, 0.15) is 46.9 Å². The first kappa shape index (κ1) is 17.9. The van der Waals surface area contributed by atoms with Crippen LogP contribution in [0.15, 0.2) is 6.07 Å². The molecule has 0 radical (unpaired) electrons. The molecule has 0 amide bonds. The molecule has 0 spiro atoms. The van der Waals surface area contributed by atoms with Crippen molar-refractivity contribution in [3.63, 3.8) is 0 Å². The van der Waals surface area contributed by atoms with Crippen molar-refractivity contribution in [2.75, 3.05) is 19.4 Å². The Morgan fingerprint density at radius 2 is 2.17 bits per heavy atom. The van der Waals surface area contributed by atoms with E-state index < -0.39 is 0 Å². The van der Waals surface area contributed by atoms with E-state index in [1.54, 1.807) is 4.68 Å². The molecule has 128 valence electrons. The van der Waals surface area contributed by atoms with Crippen molar-refractivity contribution in [1.82, 2.24) is 19.7 Å². The molecular formula is C16H27N5OS. The van der Waals surface area contributed by atoms with E-state index in [-0.39, 0.29) is 12.6 Å². The second-order valence-corrected chi connectivity index (χ2v) is 7.28. The summed E-state index contributed by atoms with van der Waals surface area (Å²) in [5.41, 5.74) is 1.34. The Morgan fingerprint density at radius 3 is 2.74 bits per heavy atom. The van der Waals surface area contributed by atoms with Gasteiger partial charge in [-0.3, -0.25) is 0 Å². The van der Waals surface area contributed by atoms with Crippen molar-refractivity contribution in [2.24, 2.45) is 7.05 Å². The molecular weight excluding hydrogens is 310 g/mol. The summed E-state index contributed by atoms with van der Waals surface area (Å²) in [5, 5.41) is 16.9. The molecule has 23 heavy (non-hydrogen) atoms. The number of nitrogens with zero attached hydrogens (tertiary/aromatic N) is 4. The lowest BCUT2D eigenvalue weighted by molar-refractivity contribution is 0.271. The van der Waals surface area contributed by atoms with Gasteiger partial charge in [0.1, 0.15) is 6.61 Å². The highest BCUT2D eigenvalue weighted by Crippen LogP contribution is 2.32. The van der Waals surface area contributed by atoms with Crippen LogP contribution in [0, 0.1) is 6.92 Å². The fourth-order valence-corrected chi connectivity index (χ4v) is 3.90. The number of aliphatic hydroxyl groups is 1. The Labute approximate surface area is 142 Å². The molecule has 0 fully saturated rings. The topological polar surface area (TPSA) is 66.2 Å². The van der Waals surface area contributed by atoms with Crippen LogP contribution < -0.4 is 5.32 Å². The maximum absolute atomic E-state index is 9.18. The van der Waals surface area contributed by atoms with Gasteiger partial charge in [0.05, 0.1) is 6.04 Å². The summed E-state index contributed by atoms with van der Waals surface area (Å²) in [7, 11) is 6.03. The third-order valence-electron chi connectivity index (χ3n) is 3.67. The highest BCUT2D eigenvalue weighted by atomic mass is 32.1. The normalized spacial score (nSPS) is 12.8. The fraction of sp³-hybridized carbons (Fsp3) is 0.625. The molecule has 0 aliphatic heterocycles. The Hall–Kier alpha value is -1.44. The Bertz CT molecular complexity index is 634. The van der Waals surface area contributed by atoms with Gasteiger partial charge in [0.15, 0.2) is 5.82 Å². The Kier molecular flexibility index (Phi) is 6.15. The maximum atomic E-state index is 9.18. The van der Waals surface area contributed by atoms with Crippen molar-refractivity contribution >= 4 is 17.3 Å². The van der Waals surface area contributed by atoms with Crippen molar-refractivity contribution in [3.05, 3.63) is 27.2 Å². The Morgan fingerprint density at radius 1 is 1.43 bits per heavy atom. The van der Waals surface area contributed by atoms with Crippen LogP contribution in [-0.2, 0) is 20.2 Å². The van der Waals surface area contributed by atoms with E-state index >= 15 is 0 Å². The van der Waals surface area contributed by atoms with Gasteiger partial charge >= 0.3 is 0 Å². The van der Waals surface area contributed by atoms with Crippen molar-refractivity contribution < 1.29 is 5.11 Å². The van der Waals surface area contributed by atoms with E-state index in [2.05, 4.69) is 54.3 Å². The van der Waals surface area contributed by atoms with E-state index in [1.807, 2.05) is 18.4 Å². The van der Waals surface area contributed by atoms with Crippen LogP contribution in [0.5, 0.6) is 0 Å². The molecule has 0 aromatic carbocycles. The zero-order chi connectivity index (χ0) is 17.0. The number of aromatic nitrogens is 3. The summed E-state index contributed by atoms with van der Waals surface area (Å²) in [5.74, 6) is 1.15. The lowest BCUT2D eigenvalue weighted by atomic mass is 10.1. The van der Waals surface area contributed by atoms with Gasteiger partial charge < -0.3 is 15.3 Å². The van der Waals surface area contributed by atoms with E-state index in [4.69, 9.17) is 0 Å². The van der Waals surface area contributed by atoms with E-state index in [1.165, 1.54) is 15.3 Å². The van der Waals surface area contributed by atoms with Gasteiger partial charge in [-0.15, -0.1) is 11.3 Å². The first-order valence-electron chi connectivity index (χ1n) is 7.95. The lowest BCUT2D eigenvalue weighted by Gasteiger charge is -2.17. The maximum Gasteiger partial charge on any atom is 0.221 e. The monoisotopic (exact) mass is 337 g/mol. The van der Waals surface area contributed by atoms with Crippen LogP contribution in [-0.4, -0.2) is 38.9 Å². The molecule has 7 heteroatoms. The molecule has 0 saturated carbocycles. The van der Waals surface area contributed by atoms with Crippen molar-refractivity contribution in [1.29, 1.82) is 0 Å². The average Bonchev–Trinajstić information content (AvgIpc) is 3.02. The Balaban J connectivity index is 2.22. The van der Waals surface area contributed by atoms with Crippen LogP contribution in [0.25, 0.3) is 0 Å². The van der Waals surface area contributed by atoms with Crippen LogP contribution >= 0.6 is 11.3 Å². The summed E-state index contributed by atoms with van der Waals surface area (Å²) in [6, 6.07) is 2.49. The zero-order valence-corrected chi connectivity index (χ0v) is 15.4. The molecule has 2 N–H and O–H groups in total. The summed E-state index contributed by atoms with van der Waals surface area (Å²) < 4.78 is 1.69. The molecule has 2 heterocycles. The second kappa shape index (κ2) is 7.90. The smallest absolute Gasteiger partial charge is 0.221 e. The van der Waals surface area contributed by atoms with Crippen LogP contribution in [0.2, 0.25) is 0 Å². The van der Waals surface area contributed by atoms with Crippen LogP contribution in [0.3, 0.4) is 0 Å². The van der Waals surface area contributed by atoms with Gasteiger partial charge in [0, 0.05) is 23.3 Å². The van der Waals surface area contributed by atoms with E-state index in [9.17, 15) is 5.11 Å². The molecule has 0 aliphatic carbocycles. The number of anilines is 1. The highest BCUT2D eigenvalue weighted by Gasteiger charge is 2.18.